The van der Waals surface area contributed by atoms with Gasteiger partial charge >= 0.3 is 5.97 Å². The number of carbonyl (C=O) groups excluding carboxylic acids is 3. The highest BCUT2D eigenvalue weighted by Gasteiger charge is 2.38. The van der Waals surface area contributed by atoms with Gasteiger partial charge in [-0.3, -0.25) is 9.59 Å². The molecule has 0 aromatic rings. The number of nitrogens with zero attached hydrogens (tertiary/aromatic N) is 1. The van der Waals surface area contributed by atoms with Crippen LogP contribution >= 0.6 is 0 Å². The number of amides is 2. The maximum atomic E-state index is 12.8. The molecule has 7 heteroatoms. The van der Waals surface area contributed by atoms with Gasteiger partial charge in [0, 0.05) is 13.0 Å². The molecule has 2 atom stereocenters. The number of nitrogens with one attached hydrogen (secondary N) is 1. The van der Waals surface area contributed by atoms with Crippen LogP contribution in [-0.4, -0.2) is 59.6 Å². The second kappa shape index (κ2) is 20.6. The molecule has 0 aromatic heterocycles. The summed E-state index contributed by atoms with van der Waals surface area (Å²) in [6, 6.07) is -1.63. The molecular formula is C28H52N2O5. The van der Waals surface area contributed by atoms with Crippen LogP contribution in [0.2, 0.25) is 0 Å². The second-order valence-corrected chi connectivity index (χ2v) is 9.94. The highest BCUT2D eigenvalue weighted by Crippen LogP contribution is 2.20. The Morgan fingerprint density at radius 2 is 1.37 bits per heavy atom. The molecule has 1 heterocycles. The summed E-state index contributed by atoms with van der Waals surface area (Å²) in [5.74, 6) is -1.05. The number of carbonyl (C=O) groups is 3. The molecule has 1 aliphatic rings. The average Bonchev–Trinajstić information content (AvgIpc) is 3.35. The average molecular weight is 497 g/mol. The van der Waals surface area contributed by atoms with Gasteiger partial charge in [0.15, 0.2) is 0 Å². The number of hydrogen-bond donors (Lipinski definition) is 2. The number of rotatable bonds is 21. The molecule has 1 aliphatic heterocycles. The Morgan fingerprint density at radius 1 is 0.857 bits per heavy atom. The van der Waals surface area contributed by atoms with Crippen molar-refractivity contribution in [3.05, 3.63) is 0 Å². The van der Waals surface area contributed by atoms with Gasteiger partial charge in [-0.1, -0.05) is 96.8 Å². The number of hydrogen-bond acceptors (Lipinski definition) is 5. The van der Waals surface area contributed by atoms with E-state index in [0.29, 0.717) is 25.8 Å². The van der Waals surface area contributed by atoms with Crippen LogP contribution in [0.25, 0.3) is 0 Å². The Morgan fingerprint density at radius 3 is 1.86 bits per heavy atom. The van der Waals surface area contributed by atoms with Crippen molar-refractivity contribution in [3.63, 3.8) is 0 Å². The summed E-state index contributed by atoms with van der Waals surface area (Å²) in [6.45, 7) is 4.21. The molecule has 0 aromatic carbocycles. The van der Waals surface area contributed by atoms with Gasteiger partial charge in [0.05, 0.1) is 13.2 Å². The number of aliphatic hydroxyl groups excluding tert-OH is 1. The van der Waals surface area contributed by atoms with E-state index in [4.69, 9.17) is 4.74 Å². The summed E-state index contributed by atoms with van der Waals surface area (Å²) in [5.41, 5.74) is 0. The van der Waals surface area contributed by atoms with Crippen LogP contribution in [0.15, 0.2) is 0 Å². The highest BCUT2D eigenvalue weighted by molar-refractivity contribution is 5.91. The molecule has 1 fully saturated rings. The molecule has 0 bridgehead atoms. The zero-order chi connectivity index (χ0) is 25.7. The maximum Gasteiger partial charge on any atom is 0.328 e. The summed E-state index contributed by atoms with van der Waals surface area (Å²) >= 11 is 0. The first-order chi connectivity index (χ1) is 17.0. The molecular weight excluding hydrogens is 444 g/mol. The van der Waals surface area contributed by atoms with Gasteiger partial charge in [-0.25, -0.2) is 4.79 Å². The monoisotopic (exact) mass is 496 g/mol. The number of aliphatic hydroxyl groups is 1. The van der Waals surface area contributed by atoms with Gasteiger partial charge in [-0.15, -0.1) is 0 Å². The van der Waals surface area contributed by atoms with Crippen LogP contribution in [0, 0.1) is 0 Å². The summed E-state index contributed by atoms with van der Waals surface area (Å²) in [4.78, 5) is 38.6. The van der Waals surface area contributed by atoms with Gasteiger partial charge in [-0.05, 0) is 26.2 Å². The van der Waals surface area contributed by atoms with Crippen molar-refractivity contribution in [2.75, 3.05) is 19.8 Å². The van der Waals surface area contributed by atoms with Crippen molar-refractivity contribution in [1.29, 1.82) is 0 Å². The van der Waals surface area contributed by atoms with Crippen LogP contribution in [0.1, 0.15) is 129 Å². The minimum absolute atomic E-state index is 0.223. The molecule has 2 amide bonds. The fraction of sp³-hybridized carbons (Fsp3) is 0.893. The van der Waals surface area contributed by atoms with E-state index < -0.39 is 30.6 Å². The van der Waals surface area contributed by atoms with Gasteiger partial charge in [0.2, 0.25) is 11.8 Å². The molecule has 0 saturated carbocycles. The van der Waals surface area contributed by atoms with Crippen molar-refractivity contribution >= 4 is 17.8 Å². The lowest BCUT2D eigenvalue weighted by Crippen LogP contribution is -2.53. The molecule has 35 heavy (non-hydrogen) atoms. The zero-order valence-corrected chi connectivity index (χ0v) is 22.5. The third kappa shape index (κ3) is 13.9. The van der Waals surface area contributed by atoms with Crippen LogP contribution in [-0.2, 0) is 19.1 Å². The molecule has 7 nitrogen and oxygen atoms in total. The van der Waals surface area contributed by atoms with E-state index >= 15 is 0 Å². The summed E-state index contributed by atoms with van der Waals surface area (Å²) in [7, 11) is 0. The van der Waals surface area contributed by atoms with Crippen molar-refractivity contribution in [1.82, 2.24) is 10.2 Å². The fourth-order valence-corrected chi connectivity index (χ4v) is 4.82. The molecule has 0 radical (unpaired) electrons. The van der Waals surface area contributed by atoms with E-state index in [9.17, 15) is 19.5 Å². The molecule has 0 aliphatic carbocycles. The first kappa shape index (κ1) is 31.4. The smallest absolute Gasteiger partial charge is 0.328 e. The van der Waals surface area contributed by atoms with Crippen LogP contribution in [0.4, 0.5) is 0 Å². The van der Waals surface area contributed by atoms with E-state index in [1.807, 2.05) is 0 Å². The lowest BCUT2D eigenvalue weighted by molar-refractivity contribution is -0.154. The predicted octanol–water partition coefficient (Wildman–Crippen LogP) is 5.28. The Kier molecular flexibility index (Phi) is 18.4. The quantitative estimate of drug-likeness (QED) is 0.166. The summed E-state index contributed by atoms with van der Waals surface area (Å²) in [6.07, 6.45) is 20.6. The zero-order valence-electron chi connectivity index (χ0n) is 22.5. The van der Waals surface area contributed by atoms with Gasteiger partial charge in [0.1, 0.15) is 12.1 Å². The first-order valence-electron chi connectivity index (χ1n) is 14.4. The van der Waals surface area contributed by atoms with Gasteiger partial charge in [-0.2, -0.15) is 0 Å². The van der Waals surface area contributed by atoms with Crippen LogP contribution in [0.5, 0.6) is 0 Å². The largest absolute Gasteiger partial charge is 0.464 e. The third-order valence-corrected chi connectivity index (χ3v) is 6.92. The minimum Gasteiger partial charge on any atom is -0.464 e. The highest BCUT2D eigenvalue weighted by atomic mass is 16.5. The van der Waals surface area contributed by atoms with Crippen molar-refractivity contribution in [3.8, 4) is 0 Å². The van der Waals surface area contributed by atoms with Crippen LogP contribution in [0.3, 0.4) is 0 Å². The SMILES string of the molecule is CCCCCCCCCCCCCCCCCC(=O)N[C@@H](CO)C(=O)N1CCC[C@@H]1C(=O)OCC. The van der Waals surface area contributed by atoms with E-state index in [1.165, 1.54) is 81.9 Å². The van der Waals surface area contributed by atoms with Crippen LogP contribution < -0.4 is 5.32 Å². The third-order valence-electron chi connectivity index (χ3n) is 6.92. The van der Waals surface area contributed by atoms with E-state index in [1.54, 1.807) is 6.92 Å². The Balaban J connectivity index is 2.08. The lowest BCUT2D eigenvalue weighted by atomic mass is 10.0. The molecule has 1 rings (SSSR count). The van der Waals surface area contributed by atoms with E-state index in [-0.39, 0.29) is 12.5 Å². The summed E-state index contributed by atoms with van der Waals surface area (Å²) < 4.78 is 5.06. The van der Waals surface area contributed by atoms with Crippen molar-refractivity contribution < 1.29 is 24.2 Å². The standard InChI is InChI=1S/C28H52N2O5/c1-3-5-6-7-8-9-10-11-12-13-14-15-16-17-18-21-26(32)29-24(23-31)27(33)30-22-19-20-25(30)28(34)35-4-2/h24-25,31H,3-23H2,1-2H3,(H,29,32)/t24-,25+/m0/s1. The topological polar surface area (TPSA) is 95.9 Å². The van der Waals surface area contributed by atoms with Crippen molar-refractivity contribution in [2.45, 2.75) is 142 Å². The number of esters is 1. The molecule has 0 unspecified atom stereocenters. The Bertz CT molecular complexity index is 584. The first-order valence-corrected chi connectivity index (χ1v) is 14.4. The maximum absolute atomic E-state index is 12.8. The second-order valence-electron chi connectivity index (χ2n) is 9.94. The number of unbranched alkanes of at least 4 members (excludes halogenated alkanes) is 14. The Hall–Kier alpha value is -1.63. The predicted molar refractivity (Wildman–Crippen MR) is 140 cm³/mol. The molecule has 204 valence electrons. The fourth-order valence-electron chi connectivity index (χ4n) is 4.82. The van der Waals surface area contributed by atoms with Gasteiger partial charge < -0.3 is 20.1 Å². The van der Waals surface area contributed by atoms with E-state index in [2.05, 4.69) is 12.2 Å². The molecule has 0 spiro atoms. The minimum atomic E-state index is -1.01. The van der Waals surface area contributed by atoms with Crippen molar-refractivity contribution in [2.24, 2.45) is 0 Å². The molecule has 2 N–H and O–H groups in total. The number of likely N-dealkylation sites (tertiary alicyclic amines) is 1. The van der Waals surface area contributed by atoms with E-state index in [0.717, 1.165) is 19.3 Å². The van der Waals surface area contributed by atoms with Gasteiger partial charge in [0.25, 0.3) is 0 Å². The summed E-state index contributed by atoms with van der Waals surface area (Å²) in [5, 5.41) is 12.3. The molecule has 1 saturated heterocycles. The number of ether oxygens (including phenoxy) is 1. The Labute approximate surface area is 213 Å². The normalized spacial score (nSPS) is 16.3. The lowest BCUT2D eigenvalue weighted by Gasteiger charge is -2.27.